The molecule has 2 heterocycles. The van der Waals surface area contributed by atoms with Crippen molar-refractivity contribution in [3.05, 3.63) is 86.6 Å². The van der Waals surface area contributed by atoms with E-state index in [-0.39, 0.29) is 11.3 Å². The Bertz CT molecular complexity index is 1170. The van der Waals surface area contributed by atoms with Gasteiger partial charge in [0.05, 0.1) is 12.7 Å². The first-order chi connectivity index (χ1) is 14.4. The number of ether oxygens (including phenoxy) is 1. The lowest BCUT2D eigenvalue weighted by Crippen LogP contribution is -2.29. The van der Waals surface area contributed by atoms with Crippen molar-refractivity contribution in [2.24, 2.45) is 0 Å². The van der Waals surface area contributed by atoms with Gasteiger partial charge in [0.25, 0.3) is 11.7 Å². The highest BCUT2D eigenvalue weighted by molar-refractivity contribution is 7.10. The second-order valence-electron chi connectivity index (χ2n) is 6.85. The predicted molar refractivity (Wildman–Crippen MR) is 118 cm³/mol. The van der Waals surface area contributed by atoms with Crippen LogP contribution in [0.4, 0.5) is 5.69 Å². The number of thiophene rings is 1. The first-order valence-corrected chi connectivity index (χ1v) is 10.4. The molecule has 0 saturated carbocycles. The number of carbonyl (C=O) groups excluding carboxylic acids is 2. The van der Waals surface area contributed by atoms with Gasteiger partial charge in [0, 0.05) is 21.2 Å². The van der Waals surface area contributed by atoms with Gasteiger partial charge >= 0.3 is 0 Å². The number of aliphatic hydroxyl groups excluding tert-OH is 1. The number of ketones is 1. The molecule has 0 aliphatic carbocycles. The van der Waals surface area contributed by atoms with Crippen molar-refractivity contribution in [2.75, 3.05) is 12.0 Å². The van der Waals surface area contributed by atoms with Gasteiger partial charge in [0.1, 0.15) is 17.6 Å². The molecule has 1 aliphatic rings. The molecule has 3 aromatic rings. The average molecular weight is 440 g/mol. The number of rotatable bonds is 4. The molecule has 30 heavy (non-hydrogen) atoms. The Morgan fingerprint density at radius 3 is 2.47 bits per heavy atom. The van der Waals surface area contributed by atoms with Crippen LogP contribution in [0.2, 0.25) is 5.02 Å². The fourth-order valence-electron chi connectivity index (χ4n) is 3.54. The molecular weight excluding hydrogens is 422 g/mol. The molecule has 152 valence electrons. The van der Waals surface area contributed by atoms with E-state index in [0.717, 1.165) is 10.4 Å². The minimum atomic E-state index is -0.745. The molecular formula is C23H18ClNO4S. The molecule has 1 saturated heterocycles. The van der Waals surface area contributed by atoms with Crippen molar-refractivity contribution in [3.8, 4) is 5.75 Å². The second kappa shape index (κ2) is 7.97. The van der Waals surface area contributed by atoms with Gasteiger partial charge in [-0.2, -0.15) is 0 Å². The monoisotopic (exact) mass is 439 g/mol. The summed E-state index contributed by atoms with van der Waals surface area (Å²) in [4.78, 5) is 28.3. The Kier molecular flexibility index (Phi) is 5.37. The van der Waals surface area contributed by atoms with E-state index in [0.29, 0.717) is 22.0 Å². The Morgan fingerprint density at radius 2 is 1.87 bits per heavy atom. The van der Waals surface area contributed by atoms with Crippen molar-refractivity contribution in [1.82, 2.24) is 0 Å². The molecule has 0 bridgehead atoms. The zero-order chi connectivity index (χ0) is 21.4. The normalized spacial score (nSPS) is 18.1. The number of nitrogens with zero attached hydrogens (tertiary/aromatic N) is 1. The first kappa shape index (κ1) is 20.2. The molecule has 1 aromatic heterocycles. The molecule has 0 radical (unpaired) electrons. The van der Waals surface area contributed by atoms with E-state index in [9.17, 15) is 14.7 Å². The van der Waals surface area contributed by atoms with Gasteiger partial charge in [-0.05, 0) is 66.4 Å². The summed E-state index contributed by atoms with van der Waals surface area (Å²) in [6, 6.07) is 14.6. The summed E-state index contributed by atoms with van der Waals surface area (Å²) < 4.78 is 5.16. The molecule has 1 unspecified atom stereocenters. The van der Waals surface area contributed by atoms with Gasteiger partial charge in [0.15, 0.2) is 0 Å². The number of aliphatic hydroxyl groups is 1. The number of halogens is 1. The molecule has 1 amide bonds. The van der Waals surface area contributed by atoms with Crippen molar-refractivity contribution in [2.45, 2.75) is 13.0 Å². The fraction of sp³-hybridized carbons (Fsp3) is 0.130. The van der Waals surface area contributed by atoms with Gasteiger partial charge in [-0.15, -0.1) is 11.3 Å². The third-order valence-electron chi connectivity index (χ3n) is 5.04. The Morgan fingerprint density at radius 1 is 1.13 bits per heavy atom. The van der Waals surface area contributed by atoms with Crippen LogP contribution < -0.4 is 9.64 Å². The summed E-state index contributed by atoms with van der Waals surface area (Å²) in [6.45, 7) is 1.91. The van der Waals surface area contributed by atoms with E-state index >= 15 is 0 Å². The van der Waals surface area contributed by atoms with Crippen LogP contribution in [-0.2, 0) is 9.59 Å². The number of methoxy groups -OCH3 is 1. The summed E-state index contributed by atoms with van der Waals surface area (Å²) in [5.41, 5.74) is 1.91. The van der Waals surface area contributed by atoms with Gasteiger partial charge in [0.2, 0.25) is 0 Å². The van der Waals surface area contributed by atoms with Gasteiger partial charge in [-0.1, -0.05) is 17.7 Å². The molecule has 4 rings (SSSR count). The minimum absolute atomic E-state index is 0.0516. The number of carbonyl (C=O) groups is 2. The third-order valence-corrected chi connectivity index (χ3v) is 6.35. The van der Waals surface area contributed by atoms with Crippen molar-refractivity contribution in [3.63, 3.8) is 0 Å². The van der Waals surface area contributed by atoms with Crippen molar-refractivity contribution < 1.29 is 19.4 Å². The van der Waals surface area contributed by atoms with Gasteiger partial charge in [-0.3, -0.25) is 14.5 Å². The summed E-state index contributed by atoms with van der Waals surface area (Å²) in [7, 11) is 1.55. The number of aryl methyl sites for hydroxylation is 1. The highest BCUT2D eigenvalue weighted by Crippen LogP contribution is 2.45. The van der Waals surface area contributed by atoms with E-state index in [1.165, 1.54) is 16.2 Å². The van der Waals surface area contributed by atoms with Gasteiger partial charge in [-0.25, -0.2) is 0 Å². The summed E-state index contributed by atoms with van der Waals surface area (Å²) in [5.74, 6) is -1.04. The standard InChI is InChI=1S/C23H18ClNO4S/c1-13-10-11-30-22(13)19-18(20(26)14-6-8-17(29-2)9-7-14)21(27)23(28)25(19)16-5-3-4-15(24)12-16/h3-12,19,26H,1-2H3/b20-18-. The van der Waals surface area contributed by atoms with Crippen LogP contribution >= 0.6 is 22.9 Å². The number of hydrogen-bond acceptors (Lipinski definition) is 5. The number of Topliss-reactive ketones (excluding diaryl/α,β-unsaturated/α-hetero) is 1. The maximum Gasteiger partial charge on any atom is 0.300 e. The smallest absolute Gasteiger partial charge is 0.300 e. The lowest BCUT2D eigenvalue weighted by atomic mass is 9.98. The maximum atomic E-state index is 13.1. The molecule has 5 nitrogen and oxygen atoms in total. The van der Waals surface area contributed by atoms with Crippen LogP contribution in [-0.4, -0.2) is 23.9 Å². The van der Waals surface area contributed by atoms with Crippen LogP contribution in [0, 0.1) is 6.92 Å². The maximum absolute atomic E-state index is 13.1. The molecule has 7 heteroatoms. The van der Waals surface area contributed by atoms with Crippen LogP contribution in [0.1, 0.15) is 22.0 Å². The van der Waals surface area contributed by atoms with E-state index in [1.54, 1.807) is 55.6 Å². The van der Waals surface area contributed by atoms with Crippen LogP contribution in [0.5, 0.6) is 5.75 Å². The van der Waals surface area contributed by atoms with Crippen molar-refractivity contribution >= 4 is 46.1 Å². The molecule has 1 aliphatic heterocycles. The lowest BCUT2D eigenvalue weighted by molar-refractivity contribution is -0.132. The predicted octanol–water partition coefficient (Wildman–Crippen LogP) is 5.34. The summed E-state index contributed by atoms with van der Waals surface area (Å²) in [5, 5.41) is 13.4. The molecule has 0 spiro atoms. The Balaban J connectivity index is 1.93. The molecule has 2 aromatic carbocycles. The SMILES string of the molecule is COc1ccc(/C(O)=C2/C(=O)C(=O)N(c3cccc(Cl)c3)C2c2sccc2C)cc1. The summed E-state index contributed by atoms with van der Waals surface area (Å²) in [6.07, 6.45) is 0. The average Bonchev–Trinajstić information content (AvgIpc) is 3.28. The summed E-state index contributed by atoms with van der Waals surface area (Å²) >= 11 is 7.57. The van der Waals surface area contributed by atoms with Crippen LogP contribution in [0.25, 0.3) is 5.76 Å². The quantitative estimate of drug-likeness (QED) is 0.338. The van der Waals surface area contributed by atoms with E-state index in [4.69, 9.17) is 16.3 Å². The van der Waals surface area contributed by atoms with Gasteiger partial charge < -0.3 is 9.84 Å². The topological polar surface area (TPSA) is 66.8 Å². The largest absolute Gasteiger partial charge is 0.507 e. The Labute approximate surface area is 182 Å². The third kappa shape index (κ3) is 3.38. The van der Waals surface area contributed by atoms with Crippen LogP contribution in [0.3, 0.4) is 0 Å². The second-order valence-corrected chi connectivity index (χ2v) is 8.23. The fourth-order valence-corrected chi connectivity index (χ4v) is 4.75. The first-order valence-electron chi connectivity index (χ1n) is 9.17. The van der Waals surface area contributed by atoms with E-state index < -0.39 is 17.7 Å². The highest BCUT2D eigenvalue weighted by Gasteiger charge is 2.47. The Hall–Kier alpha value is -3.09. The molecule has 1 fully saturated rings. The number of hydrogen-bond donors (Lipinski definition) is 1. The van der Waals surface area contributed by atoms with E-state index in [2.05, 4.69) is 0 Å². The minimum Gasteiger partial charge on any atom is -0.507 e. The lowest BCUT2D eigenvalue weighted by Gasteiger charge is -2.25. The number of anilines is 1. The molecule has 1 N–H and O–H groups in total. The number of benzene rings is 2. The zero-order valence-corrected chi connectivity index (χ0v) is 17.8. The number of amides is 1. The zero-order valence-electron chi connectivity index (χ0n) is 16.3. The highest BCUT2D eigenvalue weighted by atomic mass is 35.5. The van der Waals surface area contributed by atoms with Crippen molar-refractivity contribution in [1.29, 1.82) is 0 Å². The van der Waals surface area contributed by atoms with Crippen LogP contribution in [0.15, 0.2) is 65.6 Å². The molecule has 1 atom stereocenters. The van der Waals surface area contributed by atoms with E-state index in [1.807, 2.05) is 18.4 Å².